The van der Waals surface area contributed by atoms with E-state index in [-0.39, 0.29) is 0 Å². The molecule has 16 heavy (non-hydrogen) atoms. The molecule has 0 aromatic rings. The molecular weight excluding hydrogens is 191 g/mol. The Balaban J connectivity index is 2.16. The minimum Gasteiger partial charge on any atom is -0.101 e. The monoisotopic (exact) mass is 216 g/mol. The largest absolute Gasteiger partial charge is 0.145 e. The van der Waals surface area contributed by atoms with Crippen LogP contribution in [0.1, 0.15) is 40.0 Å². The molecule has 0 aromatic carbocycles. The smallest absolute Gasteiger partial charge is 0.101 e. The van der Waals surface area contributed by atoms with Crippen molar-refractivity contribution in [3.05, 3.63) is 24.3 Å². The van der Waals surface area contributed by atoms with Crippen molar-refractivity contribution in [3.8, 4) is 0 Å². The molecule has 0 nitrogen and oxygen atoms in total. The van der Waals surface area contributed by atoms with Crippen LogP contribution in [0.25, 0.3) is 0 Å². The lowest BCUT2D eigenvalue weighted by Crippen LogP contribution is -2.44. The molecule has 1 saturated carbocycles. The molecule has 1 heterocycles. The van der Waals surface area contributed by atoms with E-state index < -0.39 is 0 Å². The van der Waals surface area contributed by atoms with Gasteiger partial charge in [-0.2, -0.15) is 0 Å². The van der Waals surface area contributed by atoms with Crippen molar-refractivity contribution in [1.29, 1.82) is 0 Å². The fourth-order valence-electron chi connectivity index (χ4n) is 4.82. The Kier molecular flexibility index (Phi) is 2.84. The molecule has 2 rings (SSSR count). The van der Waals surface area contributed by atoms with Crippen molar-refractivity contribution in [2.24, 2.45) is 10.8 Å². The Labute approximate surface area is 101 Å². The van der Waals surface area contributed by atoms with Crippen molar-refractivity contribution in [2.45, 2.75) is 59.0 Å². The molecule has 2 bridgehead atoms. The summed E-state index contributed by atoms with van der Waals surface area (Å²) in [5, 5.41) is 0. The summed E-state index contributed by atoms with van der Waals surface area (Å²) in [6, 6.07) is 0. The van der Waals surface area contributed by atoms with Crippen LogP contribution in [0.3, 0.4) is 0 Å². The van der Waals surface area contributed by atoms with Gasteiger partial charge in [-0.05, 0) is 37.0 Å². The maximum atomic E-state index is 4.26. The zero-order valence-electron chi connectivity index (χ0n) is 11.2. The number of hydrogen-bond donors (Lipinski definition) is 0. The van der Waals surface area contributed by atoms with E-state index in [2.05, 4.69) is 33.9 Å². The molecule has 0 amide bonds. The van der Waals surface area contributed by atoms with Crippen LogP contribution in [0.4, 0.5) is 0 Å². The van der Waals surface area contributed by atoms with Crippen LogP contribution in [0.2, 0.25) is 19.0 Å². The van der Waals surface area contributed by atoms with Crippen LogP contribution in [-0.4, -0.2) is 6.71 Å². The summed E-state index contributed by atoms with van der Waals surface area (Å²) in [4.78, 5) is 0. The van der Waals surface area contributed by atoms with Gasteiger partial charge in [0.05, 0.1) is 0 Å². The van der Waals surface area contributed by atoms with Gasteiger partial charge >= 0.3 is 0 Å². The van der Waals surface area contributed by atoms with E-state index in [4.69, 9.17) is 0 Å². The summed E-state index contributed by atoms with van der Waals surface area (Å²) in [5.41, 5.74) is 3.91. The summed E-state index contributed by atoms with van der Waals surface area (Å²) < 4.78 is 0. The highest BCUT2D eigenvalue weighted by atomic mass is 14.5. The fraction of sp³-hybridized carbons (Fsp3) is 0.733. The van der Waals surface area contributed by atoms with Crippen LogP contribution in [0, 0.1) is 10.8 Å². The number of fused-ring (bicyclic) bond motifs is 2. The highest BCUT2D eigenvalue weighted by Crippen LogP contribution is 2.57. The Bertz CT molecular complexity index is 308. The summed E-state index contributed by atoms with van der Waals surface area (Å²) >= 11 is 0. The van der Waals surface area contributed by atoms with E-state index in [0.717, 1.165) is 6.71 Å². The van der Waals surface area contributed by atoms with E-state index in [1.165, 1.54) is 49.4 Å². The third-order valence-corrected chi connectivity index (χ3v) is 4.41. The normalized spacial score (nSPS) is 38.7. The molecule has 2 aliphatic rings. The van der Waals surface area contributed by atoms with E-state index in [0.29, 0.717) is 10.8 Å². The molecule has 88 valence electrons. The van der Waals surface area contributed by atoms with Crippen LogP contribution in [0.5, 0.6) is 0 Å². The first-order valence-electron chi connectivity index (χ1n) is 6.61. The number of rotatable bonds is 2. The molecule has 2 unspecified atom stereocenters. The van der Waals surface area contributed by atoms with Gasteiger partial charge in [-0.15, -0.1) is 6.58 Å². The van der Waals surface area contributed by atoms with Crippen molar-refractivity contribution in [1.82, 2.24) is 0 Å². The summed E-state index contributed by atoms with van der Waals surface area (Å²) in [5.74, 6) is 0. The lowest BCUT2D eigenvalue weighted by molar-refractivity contribution is 0.136. The molecule has 1 aliphatic heterocycles. The van der Waals surface area contributed by atoms with Gasteiger partial charge in [0.2, 0.25) is 0 Å². The minimum atomic E-state index is 0.530. The zero-order valence-corrected chi connectivity index (χ0v) is 11.2. The summed E-state index contributed by atoms with van der Waals surface area (Å²) in [7, 11) is 0. The second-order valence-corrected chi connectivity index (χ2v) is 7.34. The topological polar surface area (TPSA) is 0 Å². The maximum Gasteiger partial charge on any atom is 0.145 e. The van der Waals surface area contributed by atoms with Gasteiger partial charge in [-0.3, -0.25) is 0 Å². The molecule has 1 heteroatoms. The summed E-state index contributed by atoms with van der Waals surface area (Å²) in [6.07, 6.45) is 7.93. The number of hydrogen-bond acceptors (Lipinski definition) is 0. The van der Waals surface area contributed by atoms with Crippen LogP contribution < -0.4 is 0 Å². The molecule has 0 radical (unpaired) electrons. The summed E-state index contributed by atoms with van der Waals surface area (Å²) in [6.45, 7) is 16.3. The first kappa shape index (κ1) is 12.0. The van der Waals surface area contributed by atoms with Crippen molar-refractivity contribution in [3.63, 3.8) is 0 Å². The second kappa shape index (κ2) is 3.79. The van der Waals surface area contributed by atoms with Crippen molar-refractivity contribution in [2.75, 3.05) is 0 Å². The van der Waals surface area contributed by atoms with E-state index in [1.807, 2.05) is 0 Å². The third kappa shape index (κ3) is 2.44. The highest BCUT2D eigenvalue weighted by Gasteiger charge is 2.47. The van der Waals surface area contributed by atoms with Gasteiger partial charge in [0.15, 0.2) is 0 Å². The molecule has 1 saturated heterocycles. The number of allylic oxidation sites excluding steroid dienone is 2. The van der Waals surface area contributed by atoms with Gasteiger partial charge in [0, 0.05) is 0 Å². The standard InChI is InChI=1S/C15H25B/c1-12(2)8-16-10-14(4)6-13(3)7-15(5,9-14)11-16/h1,3,6-11H2,2,4-5H3. The van der Waals surface area contributed by atoms with E-state index in [1.54, 1.807) is 0 Å². The molecule has 1 aliphatic carbocycles. The van der Waals surface area contributed by atoms with Gasteiger partial charge in [0.1, 0.15) is 6.71 Å². The van der Waals surface area contributed by atoms with Crippen LogP contribution in [-0.2, 0) is 0 Å². The maximum absolute atomic E-state index is 4.26. The van der Waals surface area contributed by atoms with Crippen molar-refractivity contribution >= 4 is 6.71 Å². The second-order valence-electron chi connectivity index (χ2n) is 7.34. The Morgan fingerprint density at radius 2 is 1.75 bits per heavy atom. The van der Waals surface area contributed by atoms with E-state index >= 15 is 0 Å². The van der Waals surface area contributed by atoms with Gasteiger partial charge in [-0.25, -0.2) is 0 Å². The molecule has 2 atom stereocenters. The Morgan fingerprint density at radius 1 is 1.25 bits per heavy atom. The molecule has 0 spiro atoms. The van der Waals surface area contributed by atoms with Crippen LogP contribution in [0.15, 0.2) is 24.3 Å². The predicted octanol–water partition coefficient (Wildman–Crippen LogP) is 4.82. The first-order chi connectivity index (χ1) is 7.30. The lowest BCUT2D eigenvalue weighted by Gasteiger charge is -2.52. The quantitative estimate of drug-likeness (QED) is 0.458. The molecule has 0 aromatic heterocycles. The average molecular weight is 216 g/mol. The van der Waals surface area contributed by atoms with Crippen molar-refractivity contribution < 1.29 is 0 Å². The average Bonchev–Trinajstić information content (AvgIpc) is 1.93. The molecular formula is C15H25B. The minimum absolute atomic E-state index is 0.530. The van der Waals surface area contributed by atoms with Gasteiger partial charge in [-0.1, -0.05) is 50.5 Å². The van der Waals surface area contributed by atoms with Gasteiger partial charge < -0.3 is 0 Å². The first-order valence-corrected chi connectivity index (χ1v) is 6.61. The van der Waals surface area contributed by atoms with Gasteiger partial charge in [0.25, 0.3) is 0 Å². The highest BCUT2D eigenvalue weighted by molar-refractivity contribution is 6.60. The SMILES string of the molecule is C=C(C)CB1CC2(C)CC(=C)CC(C)(C1)C2. The Morgan fingerprint density at radius 3 is 2.19 bits per heavy atom. The molecule has 2 fully saturated rings. The van der Waals surface area contributed by atoms with Crippen LogP contribution >= 0.6 is 0 Å². The zero-order chi connectivity index (χ0) is 12.0. The lowest BCUT2D eigenvalue weighted by atomic mass is 9.28. The van der Waals surface area contributed by atoms with E-state index in [9.17, 15) is 0 Å². The third-order valence-electron chi connectivity index (χ3n) is 4.41. The predicted molar refractivity (Wildman–Crippen MR) is 74.2 cm³/mol. The fourth-order valence-corrected chi connectivity index (χ4v) is 4.82. The Hall–Kier alpha value is -0.455. The molecule has 0 N–H and O–H groups in total.